The molecule has 0 aliphatic rings. The van der Waals surface area contributed by atoms with Gasteiger partial charge < -0.3 is 39.6 Å². The summed E-state index contributed by atoms with van der Waals surface area (Å²) >= 11 is 1.09. The Morgan fingerprint density at radius 3 is 2.24 bits per heavy atom. The fourth-order valence-electron chi connectivity index (χ4n) is 2.66. The van der Waals surface area contributed by atoms with Crippen molar-refractivity contribution in [3.63, 3.8) is 0 Å². The monoisotopic (exact) mass is 507 g/mol. The van der Waals surface area contributed by atoms with E-state index in [1.54, 1.807) is 21.1 Å². The van der Waals surface area contributed by atoms with Crippen LogP contribution in [0.3, 0.4) is 0 Å². The molecule has 0 saturated carbocycles. The molecule has 12 nitrogen and oxygen atoms in total. The summed E-state index contributed by atoms with van der Waals surface area (Å²) in [7, 11) is 5.39. The minimum atomic E-state index is -1.56. The third-order valence-corrected chi connectivity index (χ3v) is 5.15. The lowest BCUT2D eigenvalue weighted by molar-refractivity contribution is -0.873. The zero-order chi connectivity index (χ0) is 26.5. The minimum Gasteiger partial charge on any atom is -0.550 e. The number of aliphatic hydroxyl groups excluding tert-OH is 1. The number of carbonyl (C=O) groups excluding carboxylic acids is 5. The second kappa shape index (κ2) is 14.8. The van der Waals surface area contributed by atoms with Gasteiger partial charge in [-0.2, -0.15) is 0 Å². The summed E-state index contributed by atoms with van der Waals surface area (Å²) < 4.78 is 10.4. The average molecular weight is 508 g/mol. The average Bonchev–Trinajstić information content (AvgIpc) is 2.67. The van der Waals surface area contributed by atoms with E-state index in [4.69, 9.17) is 9.47 Å². The molecule has 0 spiro atoms. The fourth-order valence-corrected chi connectivity index (χ4v) is 3.15. The molecular formula is C21H37N3O9S. The molecule has 0 aromatic carbocycles. The van der Waals surface area contributed by atoms with Gasteiger partial charge >= 0.3 is 6.16 Å². The van der Waals surface area contributed by atoms with E-state index in [1.807, 2.05) is 0 Å². The number of aliphatic hydroxyl groups is 1. The number of amides is 2. The molecule has 0 rings (SSSR count). The Kier molecular flexibility index (Phi) is 13.8. The number of quaternary nitrogens is 1. The molecule has 0 radical (unpaired) electrons. The lowest BCUT2D eigenvalue weighted by atomic mass is 9.87. The van der Waals surface area contributed by atoms with Crippen LogP contribution >= 0.6 is 11.8 Å². The van der Waals surface area contributed by atoms with Gasteiger partial charge in [-0.15, -0.1) is 0 Å². The van der Waals surface area contributed by atoms with Crippen molar-refractivity contribution in [1.82, 2.24) is 10.6 Å². The number of rotatable bonds is 15. The van der Waals surface area contributed by atoms with Crippen LogP contribution in [0.15, 0.2) is 0 Å². The van der Waals surface area contributed by atoms with E-state index in [0.29, 0.717) is 16.8 Å². The second-order valence-electron chi connectivity index (χ2n) is 9.45. The smallest absolute Gasteiger partial charge is 0.508 e. The van der Waals surface area contributed by atoms with E-state index in [1.165, 1.54) is 20.8 Å². The number of likely N-dealkylation sites (N-methyl/N-ethyl adjacent to an activating group) is 1. The summed E-state index contributed by atoms with van der Waals surface area (Å²) in [6, 6.07) is 0. The number of ether oxygens (including phenoxy) is 2. The van der Waals surface area contributed by atoms with Crippen LogP contribution in [0.1, 0.15) is 33.6 Å². The molecule has 196 valence electrons. The molecule has 3 N–H and O–H groups in total. The number of nitrogens with zero attached hydrogens (tertiary/aromatic N) is 1. The topological polar surface area (TPSA) is 171 Å². The highest BCUT2D eigenvalue weighted by Crippen LogP contribution is 2.22. The van der Waals surface area contributed by atoms with Gasteiger partial charge in [0.05, 0.1) is 21.1 Å². The maximum Gasteiger partial charge on any atom is 0.508 e. The van der Waals surface area contributed by atoms with Gasteiger partial charge in [0, 0.05) is 50.0 Å². The molecule has 0 aliphatic carbocycles. The van der Waals surface area contributed by atoms with Crippen molar-refractivity contribution in [2.45, 2.75) is 45.8 Å². The fraction of sp³-hybridized carbons (Fsp3) is 0.762. The van der Waals surface area contributed by atoms with Crippen molar-refractivity contribution in [2.24, 2.45) is 5.41 Å². The maximum absolute atomic E-state index is 12.2. The minimum absolute atomic E-state index is 0.0153. The molecule has 2 unspecified atom stereocenters. The summed E-state index contributed by atoms with van der Waals surface area (Å²) in [5.41, 5.74) is -1.20. The predicted octanol–water partition coefficient (Wildman–Crippen LogP) is -1.36. The van der Waals surface area contributed by atoms with Crippen LogP contribution in [0.5, 0.6) is 0 Å². The first-order valence-corrected chi connectivity index (χ1v) is 11.7. The van der Waals surface area contributed by atoms with Crippen molar-refractivity contribution < 1.29 is 48.1 Å². The highest BCUT2D eigenvalue weighted by atomic mass is 32.2. The van der Waals surface area contributed by atoms with Crippen LogP contribution in [-0.4, -0.2) is 104 Å². The van der Waals surface area contributed by atoms with E-state index in [2.05, 4.69) is 10.6 Å². The summed E-state index contributed by atoms with van der Waals surface area (Å²) in [6.07, 6.45) is -4.16. The Morgan fingerprint density at radius 1 is 1.09 bits per heavy atom. The molecule has 0 saturated heterocycles. The van der Waals surface area contributed by atoms with Gasteiger partial charge in [0.1, 0.15) is 19.3 Å². The molecule has 2 amide bonds. The van der Waals surface area contributed by atoms with Gasteiger partial charge in [-0.25, -0.2) is 4.79 Å². The van der Waals surface area contributed by atoms with Crippen molar-refractivity contribution in [1.29, 1.82) is 0 Å². The van der Waals surface area contributed by atoms with E-state index >= 15 is 0 Å². The quantitative estimate of drug-likeness (QED) is 0.137. The molecule has 13 heteroatoms. The van der Waals surface area contributed by atoms with E-state index in [-0.39, 0.29) is 37.1 Å². The van der Waals surface area contributed by atoms with Crippen molar-refractivity contribution in [3.8, 4) is 0 Å². The van der Waals surface area contributed by atoms with Gasteiger partial charge in [0.2, 0.25) is 11.8 Å². The highest BCUT2D eigenvalue weighted by Gasteiger charge is 2.35. The Hall–Kier alpha value is -2.38. The first-order chi connectivity index (χ1) is 15.5. The normalized spacial score (nSPS) is 13.4. The van der Waals surface area contributed by atoms with E-state index in [0.717, 1.165) is 11.8 Å². The van der Waals surface area contributed by atoms with Crippen LogP contribution < -0.4 is 15.7 Å². The van der Waals surface area contributed by atoms with Crippen LogP contribution in [-0.2, 0) is 28.7 Å². The summed E-state index contributed by atoms with van der Waals surface area (Å²) in [5, 5.41) is 26.2. The van der Waals surface area contributed by atoms with Gasteiger partial charge in [-0.1, -0.05) is 25.6 Å². The maximum atomic E-state index is 12.2. The first-order valence-electron chi connectivity index (χ1n) is 10.7. The Balaban J connectivity index is 4.51. The molecule has 0 aliphatic heterocycles. The lowest BCUT2D eigenvalue weighted by Gasteiger charge is -2.30. The largest absolute Gasteiger partial charge is 0.550 e. The Bertz CT molecular complexity index is 723. The number of thioether (sulfide) groups is 1. The number of aliphatic carboxylic acids is 1. The molecule has 0 bridgehead atoms. The Labute approximate surface area is 204 Å². The molecule has 0 aromatic heterocycles. The molecule has 0 aromatic rings. The summed E-state index contributed by atoms with van der Waals surface area (Å²) in [6.45, 7) is 4.55. The number of carboxylic acid groups (broad SMARTS) is 1. The molecule has 34 heavy (non-hydrogen) atoms. The number of nitrogens with one attached hydrogen (secondary N) is 2. The third-order valence-electron chi connectivity index (χ3n) is 4.34. The van der Waals surface area contributed by atoms with E-state index < -0.39 is 42.1 Å². The van der Waals surface area contributed by atoms with Crippen molar-refractivity contribution >= 4 is 40.8 Å². The molecule has 0 heterocycles. The molecule has 0 fully saturated rings. The van der Waals surface area contributed by atoms with Gasteiger partial charge in [-0.05, 0) is 0 Å². The van der Waals surface area contributed by atoms with Crippen LogP contribution in [0.2, 0.25) is 0 Å². The Morgan fingerprint density at radius 2 is 1.71 bits per heavy atom. The molecular weight excluding hydrogens is 470 g/mol. The predicted molar refractivity (Wildman–Crippen MR) is 122 cm³/mol. The van der Waals surface area contributed by atoms with Crippen LogP contribution in [0.4, 0.5) is 4.79 Å². The highest BCUT2D eigenvalue weighted by molar-refractivity contribution is 8.13. The van der Waals surface area contributed by atoms with Gasteiger partial charge in [0.15, 0.2) is 11.2 Å². The number of hydrogen-bond acceptors (Lipinski definition) is 10. The van der Waals surface area contributed by atoms with Crippen molar-refractivity contribution in [2.75, 3.05) is 53.1 Å². The van der Waals surface area contributed by atoms with Crippen molar-refractivity contribution in [3.05, 3.63) is 0 Å². The van der Waals surface area contributed by atoms with Crippen LogP contribution in [0, 0.1) is 5.41 Å². The standard InChI is InChI=1S/C21H37N3O9S/c1-14(25)34-10-9-22-16(26)7-8-23-19(30)18(29)21(2,3)13-32-20(31)33-15(11-17(27)28)12-24(4,5)6/h15,18,29H,7-13H2,1-6H3,(H2-,22,23,26,27,28,30). The first kappa shape index (κ1) is 31.6. The summed E-state index contributed by atoms with van der Waals surface area (Å²) in [4.78, 5) is 57.7. The lowest BCUT2D eigenvalue weighted by Crippen LogP contribution is -2.47. The van der Waals surface area contributed by atoms with E-state index in [9.17, 15) is 34.2 Å². The third kappa shape index (κ3) is 15.5. The SMILES string of the molecule is CC(=O)SCCNC(=O)CCNC(=O)C(O)C(C)(C)COC(=O)OC(CC(=O)[O-])C[N+](C)(C)C. The number of carboxylic acids is 1. The zero-order valence-electron chi connectivity index (χ0n) is 20.7. The molecule has 2 atom stereocenters. The number of carbonyl (C=O) groups is 5. The van der Waals surface area contributed by atoms with Gasteiger partial charge in [-0.3, -0.25) is 14.4 Å². The van der Waals surface area contributed by atoms with Crippen LogP contribution in [0.25, 0.3) is 0 Å². The number of hydrogen-bond donors (Lipinski definition) is 3. The second-order valence-corrected chi connectivity index (χ2v) is 10.7. The zero-order valence-corrected chi connectivity index (χ0v) is 21.5. The van der Waals surface area contributed by atoms with Gasteiger partial charge in [0.25, 0.3) is 0 Å². The summed E-state index contributed by atoms with van der Waals surface area (Å²) in [5.74, 6) is -1.99.